The van der Waals surface area contributed by atoms with Crippen molar-refractivity contribution in [3.8, 4) is 11.1 Å². The van der Waals surface area contributed by atoms with Gasteiger partial charge in [-0.3, -0.25) is 0 Å². The lowest BCUT2D eigenvalue weighted by atomic mass is 10.0. The summed E-state index contributed by atoms with van der Waals surface area (Å²) in [6.45, 7) is 0. The van der Waals surface area contributed by atoms with Crippen molar-refractivity contribution in [1.29, 1.82) is 0 Å². The fourth-order valence-corrected chi connectivity index (χ4v) is 8.18. The molecule has 0 spiro atoms. The van der Waals surface area contributed by atoms with Gasteiger partial charge in [0.15, 0.2) is 0 Å². The van der Waals surface area contributed by atoms with Crippen LogP contribution in [-0.2, 0) is 0 Å². The maximum absolute atomic E-state index is 6.62. The summed E-state index contributed by atoms with van der Waals surface area (Å²) >= 11 is 0. The first-order valence-electron chi connectivity index (χ1n) is 18.9. The smallest absolute Gasteiger partial charge is 0.137 e. The first-order chi connectivity index (χ1) is 27.7. The first-order valence-corrected chi connectivity index (χ1v) is 18.9. The van der Waals surface area contributed by atoms with E-state index in [0.717, 1.165) is 83.6 Å². The second-order valence-electron chi connectivity index (χ2n) is 14.2. The number of fused-ring (bicyclic) bond motifs is 7. The molecule has 11 aromatic rings. The molecule has 9 aromatic carbocycles. The topological polar surface area (TPSA) is 32.8 Å². The Kier molecular flexibility index (Phi) is 7.46. The van der Waals surface area contributed by atoms with E-state index in [9.17, 15) is 0 Å². The largest absolute Gasteiger partial charge is 0.456 e. The van der Waals surface area contributed by atoms with Crippen molar-refractivity contribution >= 4 is 88.8 Å². The molecule has 2 heterocycles. The van der Waals surface area contributed by atoms with Gasteiger partial charge < -0.3 is 18.6 Å². The molecule has 0 bridgehead atoms. The molecule has 0 atom stereocenters. The number of hydrogen-bond acceptors (Lipinski definition) is 4. The normalized spacial score (nSPS) is 11.6. The average molecular weight is 719 g/mol. The second-order valence-corrected chi connectivity index (χ2v) is 14.2. The van der Waals surface area contributed by atoms with Gasteiger partial charge in [0, 0.05) is 50.7 Å². The minimum absolute atomic E-state index is 0.822. The molecule has 0 fully saturated rings. The van der Waals surface area contributed by atoms with E-state index in [1.807, 2.05) is 12.1 Å². The Morgan fingerprint density at radius 1 is 0.286 bits per heavy atom. The first kappa shape index (κ1) is 31.9. The highest BCUT2D eigenvalue weighted by atomic mass is 16.3. The molecule has 0 radical (unpaired) electrons. The van der Waals surface area contributed by atoms with Crippen molar-refractivity contribution in [2.75, 3.05) is 9.80 Å². The highest BCUT2D eigenvalue weighted by Crippen LogP contribution is 2.46. The number of hydrogen-bond donors (Lipinski definition) is 0. The fraction of sp³-hybridized carbons (Fsp3) is 0. The van der Waals surface area contributed by atoms with Gasteiger partial charge in [-0.2, -0.15) is 0 Å². The summed E-state index contributed by atoms with van der Waals surface area (Å²) < 4.78 is 13.1. The van der Waals surface area contributed by atoms with E-state index in [4.69, 9.17) is 8.83 Å². The minimum atomic E-state index is 0.822. The maximum Gasteiger partial charge on any atom is 0.137 e. The molecule has 0 saturated carbocycles. The fourth-order valence-electron chi connectivity index (χ4n) is 8.18. The zero-order chi connectivity index (χ0) is 37.0. The highest BCUT2D eigenvalue weighted by molar-refractivity contribution is 6.15. The Hall–Kier alpha value is -7.56. The predicted octanol–water partition coefficient (Wildman–Crippen LogP) is 15.2. The Balaban J connectivity index is 1.11. The monoisotopic (exact) mass is 718 g/mol. The molecule has 11 rings (SSSR count). The van der Waals surface area contributed by atoms with E-state index in [2.05, 4.69) is 204 Å². The van der Waals surface area contributed by atoms with Gasteiger partial charge in [-0.25, -0.2) is 0 Å². The Labute approximate surface area is 323 Å². The van der Waals surface area contributed by atoms with Gasteiger partial charge in [0.05, 0.1) is 11.1 Å². The minimum Gasteiger partial charge on any atom is -0.456 e. The van der Waals surface area contributed by atoms with Crippen LogP contribution in [0.1, 0.15) is 0 Å². The number of benzene rings is 9. The molecule has 0 aliphatic carbocycles. The quantitative estimate of drug-likeness (QED) is 0.164. The summed E-state index contributed by atoms with van der Waals surface area (Å²) in [6, 6.07) is 72.6. The molecular formula is C52H34N2O2. The van der Waals surface area contributed by atoms with Gasteiger partial charge in [-0.1, -0.05) is 109 Å². The van der Waals surface area contributed by atoms with Crippen molar-refractivity contribution in [1.82, 2.24) is 0 Å². The van der Waals surface area contributed by atoms with Crippen LogP contribution in [-0.4, -0.2) is 0 Å². The lowest BCUT2D eigenvalue weighted by molar-refractivity contribution is 0.669. The summed E-state index contributed by atoms with van der Waals surface area (Å²) in [7, 11) is 0. The van der Waals surface area contributed by atoms with Crippen LogP contribution in [0.15, 0.2) is 215 Å². The van der Waals surface area contributed by atoms with Crippen LogP contribution in [0.3, 0.4) is 0 Å². The van der Waals surface area contributed by atoms with Gasteiger partial charge in [0.1, 0.15) is 22.3 Å². The summed E-state index contributed by atoms with van der Waals surface area (Å²) in [5, 5.41) is 6.73. The van der Waals surface area contributed by atoms with Crippen molar-refractivity contribution in [2.45, 2.75) is 0 Å². The predicted molar refractivity (Wildman–Crippen MR) is 233 cm³/mol. The molecule has 4 heteroatoms. The molecule has 56 heavy (non-hydrogen) atoms. The number of nitrogens with zero attached hydrogens (tertiary/aromatic N) is 2. The van der Waals surface area contributed by atoms with Crippen molar-refractivity contribution < 1.29 is 8.83 Å². The third-order valence-electron chi connectivity index (χ3n) is 10.8. The van der Waals surface area contributed by atoms with E-state index in [0.29, 0.717) is 0 Å². The Morgan fingerprint density at radius 3 is 1.66 bits per heavy atom. The van der Waals surface area contributed by atoms with Crippen LogP contribution in [0.5, 0.6) is 0 Å². The standard InChI is InChI=1S/C52H34N2O2/c1-3-14-39(15-4-1)53(40-16-5-2-6-17-40)42-29-31-49-46(33-42)52-47(19-11-21-50(52)55-49)54(43-28-30-45-44-18-9-10-20-48(44)56-51(45)34-43)41-26-24-36(25-27-41)38-23-22-35-12-7-8-13-37(35)32-38/h1-34H. The summed E-state index contributed by atoms with van der Waals surface area (Å²) in [5.41, 5.74) is 11.9. The van der Waals surface area contributed by atoms with E-state index < -0.39 is 0 Å². The zero-order valence-electron chi connectivity index (χ0n) is 30.3. The number of rotatable bonds is 7. The number of para-hydroxylation sites is 3. The molecule has 0 N–H and O–H groups in total. The molecule has 4 nitrogen and oxygen atoms in total. The van der Waals surface area contributed by atoms with Crippen molar-refractivity contribution in [3.63, 3.8) is 0 Å². The lowest BCUT2D eigenvalue weighted by Crippen LogP contribution is -2.10. The van der Waals surface area contributed by atoms with E-state index in [-0.39, 0.29) is 0 Å². The van der Waals surface area contributed by atoms with Crippen LogP contribution in [0.4, 0.5) is 34.1 Å². The molecule has 264 valence electrons. The molecular weight excluding hydrogens is 685 g/mol. The van der Waals surface area contributed by atoms with Gasteiger partial charge in [0.25, 0.3) is 0 Å². The van der Waals surface area contributed by atoms with Gasteiger partial charge in [0.2, 0.25) is 0 Å². The van der Waals surface area contributed by atoms with Crippen LogP contribution >= 0.6 is 0 Å². The van der Waals surface area contributed by atoms with Crippen LogP contribution < -0.4 is 9.80 Å². The van der Waals surface area contributed by atoms with Crippen LogP contribution in [0, 0.1) is 0 Å². The van der Waals surface area contributed by atoms with Crippen molar-refractivity contribution in [3.05, 3.63) is 206 Å². The SMILES string of the molecule is c1ccc(N(c2ccccc2)c2ccc3oc4cccc(N(c5ccc(-c6ccc7ccccc7c6)cc5)c5ccc6c(c5)oc5ccccc56)c4c3c2)cc1. The molecule has 0 unspecified atom stereocenters. The summed E-state index contributed by atoms with van der Waals surface area (Å²) in [6.07, 6.45) is 0. The third kappa shape index (κ3) is 5.39. The molecule has 0 aliphatic rings. The van der Waals surface area contributed by atoms with E-state index in [1.165, 1.54) is 16.3 Å². The number of anilines is 6. The summed E-state index contributed by atoms with van der Waals surface area (Å²) in [4.78, 5) is 4.62. The molecule has 0 saturated heterocycles. The van der Waals surface area contributed by atoms with Crippen molar-refractivity contribution in [2.24, 2.45) is 0 Å². The third-order valence-corrected chi connectivity index (χ3v) is 10.8. The van der Waals surface area contributed by atoms with Crippen LogP contribution in [0.25, 0.3) is 65.8 Å². The van der Waals surface area contributed by atoms with E-state index in [1.54, 1.807) is 0 Å². The lowest BCUT2D eigenvalue weighted by Gasteiger charge is -2.27. The van der Waals surface area contributed by atoms with Gasteiger partial charge in [-0.15, -0.1) is 0 Å². The van der Waals surface area contributed by atoms with E-state index >= 15 is 0 Å². The van der Waals surface area contributed by atoms with Gasteiger partial charge in [-0.05, 0) is 113 Å². The maximum atomic E-state index is 6.62. The molecule has 2 aromatic heterocycles. The Morgan fingerprint density at radius 2 is 0.857 bits per heavy atom. The molecule has 0 amide bonds. The second kappa shape index (κ2) is 13.1. The number of furan rings is 2. The Bertz CT molecular complexity index is 3160. The zero-order valence-corrected chi connectivity index (χ0v) is 30.3. The molecule has 0 aliphatic heterocycles. The highest BCUT2D eigenvalue weighted by Gasteiger charge is 2.22. The van der Waals surface area contributed by atoms with Gasteiger partial charge >= 0.3 is 0 Å². The average Bonchev–Trinajstić information content (AvgIpc) is 3.83. The van der Waals surface area contributed by atoms with Crippen LogP contribution in [0.2, 0.25) is 0 Å². The summed E-state index contributed by atoms with van der Waals surface area (Å²) in [5.74, 6) is 0.